The number of amides is 1. The number of carbonyl (C=O) groups is 1. The molecule has 0 N–H and O–H groups in total. The van der Waals surface area contributed by atoms with Gasteiger partial charge in [0.1, 0.15) is 23.7 Å². The summed E-state index contributed by atoms with van der Waals surface area (Å²) < 4.78 is 16.9. The molecule has 1 aliphatic heterocycles. The molecular formula is C19H24ClN3O4. The normalized spacial score (nSPS) is 17.2. The molecule has 0 radical (unpaired) electrons. The Hall–Kier alpha value is -2.28. The average molecular weight is 394 g/mol. The topological polar surface area (TPSA) is 73.8 Å². The van der Waals surface area contributed by atoms with Gasteiger partial charge in [-0.2, -0.15) is 0 Å². The number of hydrogen-bond donors (Lipinski definition) is 0. The zero-order chi connectivity index (χ0) is 19.6. The summed E-state index contributed by atoms with van der Waals surface area (Å²) in [7, 11) is 1.57. The van der Waals surface area contributed by atoms with Gasteiger partial charge in [0.25, 0.3) is 0 Å². The van der Waals surface area contributed by atoms with Gasteiger partial charge in [-0.25, -0.2) is 14.8 Å². The quantitative estimate of drug-likeness (QED) is 0.729. The molecule has 3 rings (SSSR count). The lowest BCUT2D eigenvalue weighted by molar-refractivity contribution is 0.0187. The lowest BCUT2D eigenvalue weighted by Crippen LogP contribution is -2.42. The molecule has 2 aromatic rings. The predicted octanol–water partition coefficient (Wildman–Crippen LogP) is 4.07. The standard InChI is InChI=1S/C19H24ClN3O4/c1-19(2,3)27-18(24)23-7-5-6-12(23)10-26-16-8-13-14(9-15(16)25-4)21-11-22-17(13)20/h8-9,11-12H,5-7,10H2,1-4H3. The minimum atomic E-state index is -0.524. The Morgan fingerprint density at radius 2 is 2.07 bits per heavy atom. The molecule has 1 amide bonds. The Morgan fingerprint density at radius 1 is 1.30 bits per heavy atom. The van der Waals surface area contributed by atoms with Crippen molar-refractivity contribution < 1.29 is 19.0 Å². The van der Waals surface area contributed by atoms with E-state index in [1.807, 2.05) is 20.8 Å². The second kappa shape index (κ2) is 7.76. The van der Waals surface area contributed by atoms with Crippen molar-refractivity contribution in [1.82, 2.24) is 14.9 Å². The molecule has 1 saturated heterocycles. The van der Waals surface area contributed by atoms with E-state index in [1.54, 1.807) is 24.1 Å². The van der Waals surface area contributed by atoms with E-state index in [1.165, 1.54) is 6.33 Å². The minimum absolute atomic E-state index is 0.0530. The molecule has 1 unspecified atom stereocenters. The largest absolute Gasteiger partial charge is 0.493 e. The first-order chi connectivity index (χ1) is 12.8. The van der Waals surface area contributed by atoms with Crippen LogP contribution in [-0.4, -0.2) is 52.9 Å². The van der Waals surface area contributed by atoms with E-state index in [4.69, 9.17) is 25.8 Å². The molecule has 8 heteroatoms. The highest BCUT2D eigenvalue weighted by molar-refractivity contribution is 6.34. The molecule has 1 aromatic heterocycles. The fraction of sp³-hybridized carbons (Fsp3) is 0.526. The molecule has 1 aliphatic rings. The Labute approximate surface area is 163 Å². The smallest absolute Gasteiger partial charge is 0.410 e. The van der Waals surface area contributed by atoms with E-state index in [2.05, 4.69) is 9.97 Å². The SMILES string of the molecule is COc1cc2ncnc(Cl)c2cc1OCC1CCCN1C(=O)OC(C)(C)C. The van der Waals surface area contributed by atoms with Crippen molar-refractivity contribution in [2.45, 2.75) is 45.3 Å². The monoisotopic (exact) mass is 393 g/mol. The van der Waals surface area contributed by atoms with Crippen LogP contribution in [0, 0.1) is 0 Å². The van der Waals surface area contributed by atoms with Crippen molar-refractivity contribution in [1.29, 1.82) is 0 Å². The number of carbonyl (C=O) groups excluding carboxylic acids is 1. The summed E-state index contributed by atoms with van der Waals surface area (Å²) in [4.78, 5) is 22.3. The predicted molar refractivity (Wildman–Crippen MR) is 103 cm³/mol. The number of benzene rings is 1. The average Bonchev–Trinajstić information content (AvgIpc) is 3.07. The van der Waals surface area contributed by atoms with Gasteiger partial charge in [-0.3, -0.25) is 0 Å². The third-order valence-corrected chi connectivity index (χ3v) is 4.61. The second-order valence-corrected chi connectivity index (χ2v) is 7.82. The van der Waals surface area contributed by atoms with Gasteiger partial charge in [0.2, 0.25) is 0 Å². The van der Waals surface area contributed by atoms with Crippen LogP contribution in [0.1, 0.15) is 33.6 Å². The van der Waals surface area contributed by atoms with Crippen LogP contribution in [-0.2, 0) is 4.74 Å². The molecule has 27 heavy (non-hydrogen) atoms. The van der Waals surface area contributed by atoms with E-state index in [0.29, 0.717) is 40.7 Å². The highest BCUT2D eigenvalue weighted by Gasteiger charge is 2.32. The highest BCUT2D eigenvalue weighted by atomic mass is 35.5. The number of aromatic nitrogens is 2. The van der Waals surface area contributed by atoms with E-state index in [9.17, 15) is 4.79 Å². The van der Waals surface area contributed by atoms with Crippen LogP contribution >= 0.6 is 11.6 Å². The third kappa shape index (κ3) is 4.53. The van der Waals surface area contributed by atoms with Crippen molar-refractivity contribution in [3.63, 3.8) is 0 Å². The Bertz CT molecular complexity index is 838. The van der Waals surface area contributed by atoms with Gasteiger partial charge in [0.05, 0.1) is 18.7 Å². The number of halogens is 1. The molecule has 2 heterocycles. The maximum Gasteiger partial charge on any atom is 0.410 e. The Morgan fingerprint density at radius 3 is 2.78 bits per heavy atom. The van der Waals surface area contributed by atoms with Gasteiger partial charge in [0.15, 0.2) is 11.5 Å². The van der Waals surface area contributed by atoms with Crippen LogP contribution in [0.3, 0.4) is 0 Å². The van der Waals surface area contributed by atoms with E-state index in [-0.39, 0.29) is 12.1 Å². The van der Waals surface area contributed by atoms with Crippen molar-refractivity contribution >= 4 is 28.6 Å². The molecule has 0 saturated carbocycles. The van der Waals surface area contributed by atoms with Gasteiger partial charge >= 0.3 is 6.09 Å². The van der Waals surface area contributed by atoms with Crippen molar-refractivity contribution in [3.8, 4) is 11.5 Å². The van der Waals surface area contributed by atoms with Crippen LogP contribution in [0.2, 0.25) is 5.15 Å². The number of likely N-dealkylation sites (tertiary alicyclic amines) is 1. The first-order valence-corrected chi connectivity index (χ1v) is 9.27. The molecule has 0 bridgehead atoms. The molecule has 1 fully saturated rings. The Kier molecular flexibility index (Phi) is 5.60. The van der Waals surface area contributed by atoms with Gasteiger partial charge < -0.3 is 19.1 Å². The first-order valence-electron chi connectivity index (χ1n) is 8.89. The van der Waals surface area contributed by atoms with Gasteiger partial charge in [-0.05, 0) is 39.7 Å². The summed E-state index contributed by atoms with van der Waals surface area (Å²) in [6.45, 7) is 6.58. The van der Waals surface area contributed by atoms with Crippen LogP contribution in [0.4, 0.5) is 4.79 Å². The number of nitrogens with zero attached hydrogens (tertiary/aromatic N) is 3. The number of fused-ring (bicyclic) bond motifs is 1. The minimum Gasteiger partial charge on any atom is -0.493 e. The number of methoxy groups -OCH3 is 1. The molecule has 0 spiro atoms. The van der Waals surface area contributed by atoms with Crippen molar-refractivity contribution in [2.24, 2.45) is 0 Å². The maximum atomic E-state index is 12.4. The molecule has 1 atom stereocenters. The van der Waals surface area contributed by atoms with E-state index < -0.39 is 5.60 Å². The van der Waals surface area contributed by atoms with Crippen molar-refractivity contribution in [2.75, 3.05) is 20.3 Å². The zero-order valence-corrected chi connectivity index (χ0v) is 16.7. The summed E-state index contributed by atoms with van der Waals surface area (Å²) >= 11 is 6.16. The summed E-state index contributed by atoms with van der Waals surface area (Å²) in [5, 5.41) is 1.04. The fourth-order valence-corrected chi connectivity index (χ4v) is 3.26. The zero-order valence-electron chi connectivity index (χ0n) is 16.0. The summed E-state index contributed by atoms with van der Waals surface area (Å²) in [5.41, 5.74) is 0.152. The summed E-state index contributed by atoms with van der Waals surface area (Å²) in [5.74, 6) is 1.09. The number of hydrogen-bond acceptors (Lipinski definition) is 6. The number of rotatable bonds is 4. The lowest BCUT2D eigenvalue weighted by Gasteiger charge is -2.28. The van der Waals surface area contributed by atoms with E-state index >= 15 is 0 Å². The fourth-order valence-electron chi connectivity index (χ4n) is 3.06. The maximum absolute atomic E-state index is 12.4. The van der Waals surface area contributed by atoms with Crippen LogP contribution in [0.25, 0.3) is 10.9 Å². The second-order valence-electron chi connectivity index (χ2n) is 7.47. The van der Waals surface area contributed by atoms with Crippen molar-refractivity contribution in [3.05, 3.63) is 23.6 Å². The first kappa shape index (κ1) is 19.5. The molecule has 7 nitrogen and oxygen atoms in total. The van der Waals surface area contributed by atoms with Crippen LogP contribution in [0.15, 0.2) is 18.5 Å². The molecule has 0 aliphatic carbocycles. The molecular weight excluding hydrogens is 370 g/mol. The lowest BCUT2D eigenvalue weighted by atomic mass is 10.2. The van der Waals surface area contributed by atoms with Gasteiger partial charge in [0, 0.05) is 18.0 Å². The third-order valence-electron chi connectivity index (χ3n) is 4.31. The van der Waals surface area contributed by atoms with Crippen LogP contribution in [0.5, 0.6) is 11.5 Å². The summed E-state index contributed by atoms with van der Waals surface area (Å²) in [6.07, 6.45) is 2.87. The molecule has 1 aromatic carbocycles. The van der Waals surface area contributed by atoms with Crippen LogP contribution < -0.4 is 9.47 Å². The number of ether oxygens (including phenoxy) is 3. The highest BCUT2D eigenvalue weighted by Crippen LogP contribution is 2.34. The van der Waals surface area contributed by atoms with Gasteiger partial charge in [-0.15, -0.1) is 0 Å². The Balaban J connectivity index is 1.75. The van der Waals surface area contributed by atoms with E-state index in [0.717, 1.165) is 12.8 Å². The molecule has 146 valence electrons. The summed E-state index contributed by atoms with van der Waals surface area (Å²) in [6, 6.07) is 3.48. The van der Waals surface area contributed by atoms with Gasteiger partial charge in [-0.1, -0.05) is 11.6 Å².